The molecule has 1 aliphatic rings. The minimum absolute atomic E-state index is 0.0200. The van der Waals surface area contributed by atoms with Crippen LogP contribution in [0.2, 0.25) is 0 Å². The number of aromatic nitrogens is 2. The van der Waals surface area contributed by atoms with Crippen LogP contribution >= 0.6 is 0 Å². The Labute approximate surface area is 195 Å². The Morgan fingerprint density at radius 2 is 2.03 bits per heavy atom. The number of hydrogen-bond donors (Lipinski definition) is 2. The molecule has 0 bridgehead atoms. The van der Waals surface area contributed by atoms with Crippen molar-refractivity contribution in [1.82, 2.24) is 14.5 Å². The van der Waals surface area contributed by atoms with E-state index in [2.05, 4.69) is 9.72 Å². The number of rotatable bonds is 6. The lowest BCUT2D eigenvalue weighted by molar-refractivity contribution is -0.155. The molecule has 2 amide bonds. The molecule has 4 rings (SSSR count). The van der Waals surface area contributed by atoms with E-state index in [9.17, 15) is 32.7 Å². The summed E-state index contributed by atoms with van der Waals surface area (Å²) < 4.78 is 50.6. The third-order valence-electron chi connectivity index (χ3n) is 5.55. The minimum atomic E-state index is -3.08. The lowest BCUT2D eigenvalue weighted by atomic mass is 10.0. The maximum atomic E-state index is 15.0. The quantitative estimate of drug-likeness (QED) is 0.500. The van der Waals surface area contributed by atoms with Crippen molar-refractivity contribution in [1.29, 1.82) is 0 Å². The van der Waals surface area contributed by atoms with Gasteiger partial charge in [-0.25, -0.2) is 14.2 Å². The summed E-state index contributed by atoms with van der Waals surface area (Å²) in [6.45, 7) is -2.42. The zero-order valence-corrected chi connectivity index (χ0v) is 18.2. The van der Waals surface area contributed by atoms with Gasteiger partial charge < -0.3 is 20.0 Å². The molecule has 10 nitrogen and oxygen atoms in total. The van der Waals surface area contributed by atoms with Crippen molar-refractivity contribution >= 4 is 17.6 Å². The maximum absolute atomic E-state index is 15.0. The van der Waals surface area contributed by atoms with Crippen LogP contribution in [0.25, 0.3) is 22.6 Å². The summed E-state index contributed by atoms with van der Waals surface area (Å²) in [4.78, 5) is 41.2. The number of anilines is 1. The number of nitrogens with two attached hydrogens (primary N) is 1. The third kappa shape index (κ3) is 4.49. The predicted octanol–water partition coefficient (Wildman–Crippen LogP) is 2.44. The first-order valence-corrected chi connectivity index (χ1v) is 10.3. The second-order valence-electron chi connectivity index (χ2n) is 7.74. The van der Waals surface area contributed by atoms with Gasteiger partial charge in [-0.1, -0.05) is 6.07 Å². The van der Waals surface area contributed by atoms with Crippen LogP contribution < -0.4 is 16.2 Å². The molecule has 1 unspecified atom stereocenters. The van der Waals surface area contributed by atoms with Crippen LogP contribution in [0.5, 0.6) is 5.75 Å². The van der Waals surface area contributed by atoms with Gasteiger partial charge in [0.05, 0.1) is 17.5 Å². The number of halogens is 3. The number of carbonyl (C=O) groups is 2. The van der Waals surface area contributed by atoms with E-state index in [0.717, 1.165) is 16.8 Å². The monoisotopic (exact) mass is 492 g/mol. The summed E-state index contributed by atoms with van der Waals surface area (Å²) in [5.41, 5.74) is 6.36. The molecular formula is C22H19F3N4O6. The van der Waals surface area contributed by atoms with Crippen LogP contribution in [0.4, 0.5) is 19.0 Å². The minimum Gasteiger partial charge on any atom is -0.431 e. The summed E-state index contributed by atoms with van der Waals surface area (Å²) in [7, 11) is 0. The number of oxazole rings is 1. The van der Waals surface area contributed by atoms with E-state index in [1.54, 1.807) is 0 Å². The van der Waals surface area contributed by atoms with Gasteiger partial charge in [-0.15, -0.1) is 0 Å². The fourth-order valence-corrected chi connectivity index (χ4v) is 3.87. The highest BCUT2D eigenvalue weighted by atomic mass is 19.3. The SMILES string of the molecule is Cc1cc(-c2ccc(-c3cn(C4CCC(=O)N(CO)C4=O)c(=O)o3)c(F)c2)nc(N)c1OC(F)F. The van der Waals surface area contributed by atoms with E-state index >= 15 is 0 Å². The first kappa shape index (κ1) is 24.0. The normalized spacial score (nSPS) is 16.3. The van der Waals surface area contributed by atoms with E-state index in [0.29, 0.717) is 4.90 Å². The fourth-order valence-electron chi connectivity index (χ4n) is 3.87. The van der Waals surface area contributed by atoms with E-state index in [1.807, 2.05) is 0 Å². The molecule has 184 valence electrons. The largest absolute Gasteiger partial charge is 0.431 e. The molecule has 1 aliphatic heterocycles. The van der Waals surface area contributed by atoms with Crippen LogP contribution in [0, 0.1) is 12.7 Å². The molecule has 13 heteroatoms. The van der Waals surface area contributed by atoms with Gasteiger partial charge in [0.15, 0.2) is 17.3 Å². The van der Waals surface area contributed by atoms with Gasteiger partial charge in [0.25, 0.3) is 5.91 Å². The van der Waals surface area contributed by atoms with Gasteiger partial charge >= 0.3 is 12.4 Å². The van der Waals surface area contributed by atoms with E-state index in [-0.39, 0.29) is 52.6 Å². The molecule has 2 aromatic heterocycles. The smallest absolute Gasteiger partial charge is 0.420 e. The summed E-state index contributed by atoms with van der Waals surface area (Å²) in [6.07, 6.45) is 1.11. The number of carbonyl (C=O) groups excluding carboxylic acids is 2. The van der Waals surface area contributed by atoms with Crippen molar-refractivity contribution in [3.8, 4) is 28.3 Å². The second-order valence-corrected chi connectivity index (χ2v) is 7.74. The average molecular weight is 492 g/mol. The number of pyridine rings is 1. The first-order chi connectivity index (χ1) is 16.6. The van der Waals surface area contributed by atoms with E-state index < -0.39 is 42.8 Å². The van der Waals surface area contributed by atoms with Crippen molar-refractivity contribution in [3.63, 3.8) is 0 Å². The van der Waals surface area contributed by atoms with Gasteiger partial charge in [-0.3, -0.25) is 19.1 Å². The van der Waals surface area contributed by atoms with Crippen molar-refractivity contribution < 1.29 is 37.0 Å². The van der Waals surface area contributed by atoms with Crippen molar-refractivity contribution in [2.75, 3.05) is 12.5 Å². The molecule has 1 saturated heterocycles. The lowest BCUT2D eigenvalue weighted by Crippen LogP contribution is -2.47. The Morgan fingerprint density at radius 3 is 2.66 bits per heavy atom. The Hall–Kier alpha value is -4.13. The molecule has 0 radical (unpaired) electrons. The molecule has 35 heavy (non-hydrogen) atoms. The number of nitrogen functional groups attached to an aromatic ring is 1. The lowest BCUT2D eigenvalue weighted by Gasteiger charge is -2.28. The van der Waals surface area contributed by atoms with Crippen molar-refractivity contribution in [2.24, 2.45) is 0 Å². The molecule has 1 atom stereocenters. The first-order valence-electron chi connectivity index (χ1n) is 10.3. The molecule has 0 spiro atoms. The van der Waals surface area contributed by atoms with Gasteiger partial charge in [0, 0.05) is 12.0 Å². The highest BCUT2D eigenvalue weighted by Crippen LogP contribution is 2.33. The van der Waals surface area contributed by atoms with E-state index in [1.165, 1.54) is 25.1 Å². The van der Waals surface area contributed by atoms with Crippen LogP contribution in [-0.4, -0.2) is 44.7 Å². The third-order valence-corrected chi connectivity index (χ3v) is 5.55. The second kappa shape index (κ2) is 9.25. The number of imide groups is 1. The molecule has 3 heterocycles. The zero-order valence-electron chi connectivity index (χ0n) is 18.2. The summed E-state index contributed by atoms with van der Waals surface area (Å²) in [5.74, 6) is -3.80. The number of ether oxygens (including phenoxy) is 1. The molecule has 1 fully saturated rings. The average Bonchev–Trinajstić information content (AvgIpc) is 3.17. The predicted molar refractivity (Wildman–Crippen MR) is 115 cm³/mol. The highest BCUT2D eigenvalue weighted by molar-refractivity contribution is 5.99. The van der Waals surface area contributed by atoms with E-state index in [4.69, 9.17) is 10.2 Å². The van der Waals surface area contributed by atoms with Gasteiger partial charge in [0.2, 0.25) is 5.91 Å². The summed E-state index contributed by atoms with van der Waals surface area (Å²) >= 11 is 0. The molecule has 3 N–H and O–H groups in total. The van der Waals surface area contributed by atoms with Crippen molar-refractivity contribution in [2.45, 2.75) is 32.4 Å². The number of alkyl halides is 2. The Kier molecular flexibility index (Phi) is 6.35. The highest BCUT2D eigenvalue weighted by Gasteiger charge is 2.36. The number of aryl methyl sites for hydroxylation is 1. The number of aliphatic hydroxyl groups is 1. The van der Waals surface area contributed by atoms with Crippen LogP contribution in [0.3, 0.4) is 0 Å². The van der Waals surface area contributed by atoms with Gasteiger partial charge in [0.1, 0.15) is 18.6 Å². The van der Waals surface area contributed by atoms with Crippen molar-refractivity contribution in [3.05, 3.63) is 52.4 Å². The van der Waals surface area contributed by atoms with Crippen LogP contribution in [0.15, 0.2) is 39.7 Å². The number of amides is 2. The molecule has 0 aliphatic carbocycles. The summed E-state index contributed by atoms with van der Waals surface area (Å²) in [6, 6.07) is 4.19. The van der Waals surface area contributed by atoms with Gasteiger partial charge in [-0.2, -0.15) is 8.78 Å². The number of hydrogen-bond acceptors (Lipinski definition) is 8. The molecule has 1 aromatic carbocycles. The topological polar surface area (TPSA) is 141 Å². The maximum Gasteiger partial charge on any atom is 0.420 e. The molecular weight excluding hydrogens is 473 g/mol. The molecule has 0 saturated carbocycles. The summed E-state index contributed by atoms with van der Waals surface area (Å²) in [5, 5.41) is 9.26. The zero-order chi connectivity index (χ0) is 25.4. The number of benzene rings is 1. The van der Waals surface area contributed by atoms with Gasteiger partial charge in [-0.05, 0) is 37.1 Å². The number of piperidine rings is 1. The van der Waals surface area contributed by atoms with Crippen LogP contribution in [0.1, 0.15) is 24.4 Å². The van der Waals surface area contributed by atoms with Crippen LogP contribution in [-0.2, 0) is 9.59 Å². The number of aliphatic hydroxyl groups excluding tert-OH is 1. The Morgan fingerprint density at radius 1 is 1.29 bits per heavy atom. The Balaban J connectivity index is 1.65. The Bertz CT molecular complexity index is 1350. The molecule has 3 aromatic rings. The fraction of sp³-hybridized carbons (Fsp3) is 0.273. The number of likely N-dealkylation sites (tertiary alicyclic amines) is 1. The number of nitrogens with zero attached hydrogens (tertiary/aromatic N) is 3. The standard InChI is InChI=1S/C22H19F3N4O6/c1-10-6-14(27-19(26)18(10)35-21(24)25)11-2-3-12(13(23)7-11)16-8-28(22(33)34-16)15-4-5-17(31)29(9-30)20(15)32/h2-3,6-8,15,21,30H,4-5,9H2,1H3,(H2,26,27).